The molecule has 92 valence electrons. The second kappa shape index (κ2) is 6.82. The number of fused-ring (bicyclic) bond motifs is 1. The van der Waals surface area contributed by atoms with Crippen molar-refractivity contribution in [2.45, 2.75) is 10.2 Å². The van der Waals surface area contributed by atoms with Crippen LogP contribution in [0.25, 0.3) is 10.9 Å². The van der Waals surface area contributed by atoms with Gasteiger partial charge in [-0.15, -0.1) is 0 Å². The van der Waals surface area contributed by atoms with E-state index in [1.54, 1.807) is 11.8 Å². The molecule has 0 unspecified atom stereocenters. The Morgan fingerprint density at radius 2 is 2.17 bits per heavy atom. The maximum absolute atomic E-state index is 8.66. The van der Waals surface area contributed by atoms with Crippen molar-refractivity contribution in [2.75, 3.05) is 12.9 Å². The number of nitrogens with zero attached hydrogens (tertiary/aromatic N) is 1. The predicted molar refractivity (Wildman–Crippen MR) is 78.6 cm³/mol. The molecule has 18 heavy (non-hydrogen) atoms. The normalized spacial score (nSPS) is 10.1. The summed E-state index contributed by atoms with van der Waals surface area (Å²) in [7, 11) is 0. The van der Waals surface area contributed by atoms with E-state index in [0.29, 0.717) is 15.0 Å². The zero-order valence-electron chi connectivity index (χ0n) is 10.0. The fourth-order valence-corrected chi connectivity index (χ4v) is 4.66. The van der Waals surface area contributed by atoms with Crippen molar-refractivity contribution in [1.29, 1.82) is 0 Å². The number of rotatable bonds is 3. The quantitative estimate of drug-likeness (QED) is 0.530. The van der Waals surface area contributed by atoms with Gasteiger partial charge in [0.2, 0.25) is 0 Å². The Labute approximate surface area is 117 Å². The summed E-state index contributed by atoms with van der Waals surface area (Å²) in [6.07, 6.45) is 4.02. The monoisotopic (exact) mass is 323 g/mol. The number of pyridine rings is 1. The van der Waals surface area contributed by atoms with Crippen molar-refractivity contribution in [3.05, 3.63) is 30.5 Å². The molecular formula is C14H13NOSSe. The zero-order valence-corrected chi connectivity index (χ0v) is 12.5. The maximum atomic E-state index is 8.66. The number of para-hydroxylation sites is 1. The summed E-state index contributed by atoms with van der Waals surface area (Å²) in [5.74, 6) is 5.70. The van der Waals surface area contributed by atoms with Gasteiger partial charge in [0.25, 0.3) is 0 Å². The van der Waals surface area contributed by atoms with E-state index in [1.165, 1.54) is 14.7 Å². The first kappa shape index (κ1) is 13.5. The van der Waals surface area contributed by atoms with Crippen LogP contribution in [0.5, 0.6) is 0 Å². The number of benzene rings is 1. The molecule has 0 atom stereocenters. The molecule has 0 saturated heterocycles. The number of aliphatic hydroxyl groups is 1. The third-order valence-corrected chi connectivity index (χ3v) is 5.58. The van der Waals surface area contributed by atoms with E-state index in [0.717, 1.165) is 10.8 Å². The second-order valence-corrected chi connectivity index (χ2v) is 6.39. The van der Waals surface area contributed by atoms with Crippen LogP contribution in [0.15, 0.2) is 35.4 Å². The Bertz CT molecular complexity index is 604. The van der Waals surface area contributed by atoms with Crippen LogP contribution < -0.4 is 4.46 Å². The Hall–Kier alpha value is -0.981. The van der Waals surface area contributed by atoms with E-state index in [1.807, 2.05) is 24.4 Å². The van der Waals surface area contributed by atoms with Crippen LogP contribution >= 0.6 is 11.8 Å². The SMILES string of the molecule is CSc1cnc2ccccc2c1[Se]CC#CCO. The fraction of sp³-hybridized carbons (Fsp3) is 0.214. The topological polar surface area (TPSA) is 33.1 Å². The van der Waals surface area contributed by atoms with Crippen LogP contribution in [-0.4, -0.2) is 37.9 Å². The molecule has 4 heteroatoms. The molecule has 0 fully saturated rings. The van der Waals surface area contributed by atoms with E-state index in [-0.39, 0.29) is 6.61 Å². The van der Waals surface area contributed by atoms with E-state index in [4.69, 9.17) is 5.11 Å². The molecular weight excluding hydrogens is 309 g/mol. The van der Waals surface area contributed by atoms with Crippen molar-refractivity contribution in [3.63, 3.8) is 0 Å². The first-order valence-electron chi connectivity index (χ1n) is 5.48. The van der Waals surface area contributed by atoms with Crippen LogP contribution in [0.1, 0.15) is 0 Å². The molecule has 1 heterocycles. The summed E-state index contributed by atoms with van der Waals surface area (Å²) < 4.78 is 1.37. The summed E-state index contributed by atoms with van der Waals surface area (Å²) in [5, 5.41) is 10.7. The van der Waals surface area contributed by atoms with Gasteiger partial charge in [0, 0.05) is 0 Å². The third-order valence-electron chi connectivity index (χ3n) is 2.41. The average molecular weight is 322 g/mol. The van der Waals surface area contributed by atoms with E-state index < -0.39 is 0 Å². The molecule has 0 saturated carbocycles. The minimum absolute atomic E-state index is 0.0530. The van der Waals surface area contributed by atoms with Gasteiger partial charge in [-0.2, -0.15) is 0 Å². The van der Waals surface area contributed by atoms with E-state index in [9.17, 15) is 0 Å². The summed E-state index contributed by atoms with van der Waals surface area (Å²) in [6.45, 7) is -0.0530. The van der Waals surface area contributed by atoms with Crippen molar-refractivity contribution < 1.29 is 5.11 Å². The van der Waals surface area contributed by atoms with E-state index in [2.05, 4.69) is 29.1 Å². The van der Waals surface area contributed by atoms with Gasteiger partial charge < -0.3 is 0 Å². The number of thioether (sulfide) groups is 1. The molecule has 1 aromatic carbocycles. The number of aromatic nitrogens is 1. The molecule has 0 aliphatic rings. The summed E-state index contributed by atoms with van der Waals surface area (Å²) >= 11 is 2.02. The van der Waals surface area contributed by atoms with Crippen molar-refractivity contribution in [3.8, 4) is 11.8 Å². The van der Waals surface area contributed by atoms with Gasteiger partial charge in [0.05, 0.1) is 0 Å². The number of hydrogen-bond donors (Lipinski definition) is 1. The van der Waals surface area contributed by atoms with Crippen LogP contribution in [0.4, 0.5) is 0 Å². The van der Waals surface area contributed by atoms with Crippen molar-refractivity contribution >= 4 is 42.1 Å². The van der Waals surface area contributed by atoms with Gasteiger partial charge in [0.15, 0.2) is 0 Å². The standard InChI is InChI=1S/C14H13NOSSe/c1-17-13-10-15-12-7-3-2-6-11(12)14(13)18-9-5-4-8-16/h2-3,6-7,10,16H,8-9H2,1H3. The number of hydrogen-bond acceptors (Lipinski definition) is 3. The third kappa shape index (κ3) is 3.07. The first-order chi connectivity index (χ1) is 8.86. The predicted octanol–water partition coefficient (Wildman–Crippen LogP) is 1.70. The summed E-state index contributed by atoms with van der Waals surface area (Å²) in [5.41, 5.74) is 1.04. The van der Waals surface area contributed by atoms with E-state index >= 15 is 0 Å². The van der Waals surface area contributed by atoms with Gasteiger partial charge in [-0.05, 0) is 0 Å². The van der Waals surface area contributed by atoms with Crippen LogP contribution in [0, 0.1) is 11.8 Å². The average Bonchev–Trinajstić information content (AvgIpc) is 2.43. The molecule has 0 aliphatic carbocycles. The molecule has 2 nitrogen and oxygen atoms in total. The van der Waals surface area contributed by atoms with Crippen LogP contribution in [0.3, 0.4) is 0 Å². The molecule has 1 N–H and O–H groups in total. The summed E-state index contributed by atoms with van der Waals surface area (Å²) in [4.78, 5) is 5.71. The second-order valence-electron chi connectivity index (χ2n) is 3.47. The van der Waals surface area contributed by atoms with Gasteiger partial charge in [-0.25, -0.2) is 0 Å². The Morgan fingerprint density at radius 1 is 1.33 bits per heavy atom. The summed E-state index contributed by atoms with van der Waals surface area (Å²) in [6, 6.07) is 8.22. The van der Waals surface area contributed by atoms with Crippen molar-refractivity contribution in [2.24, 2.45) is 0 Å². The molecule has 0 bridgehead atoms. The molecule has 0 spiro atoms. The zero-order chi connectivity index (χ0) is 12.8. The fourth-order valence-electron chi connectivity index (χ4n) is 1.61. The molecule has 2 aromatic rings. The molecule has 0 aliphatic heterocycles. The molecule has 0 amide bonds. The Morgan fingerprint density at radius 3 is 2.94 bits per heavy atom. The first-order valence-corrected chi connectivity index (χ1v) is 8.77. The van der Waals surface area contributed by atoms with Gasteiger partial charge in [-0.3, -0.25) is 0 Å². The Kier molecular flexibility index (Phi) is 5.10. The number of aliphatic hydroxyl groups excluding tert-OH is 1. The van der Waals surface area contributed by atoms with Crippen LogP contribution in [0.2, 0.25) is 5.32 Å². The molecule has 2 rings (SSSR count). The Balaban J connectivity index is 2.38. The van der Waals surface area contributed by atoms with Gasteiger partial charge >= 0.3 is 118 Å². The van der Waals surface area contributed by atoms with Crippen molar-refractivity contribution in [1.82, 2.24) is 4.98 Å². The van der Waals surface area contributed by atoms with Gasteiger partial charge in [-0.1, -0.05) is 0 Å². The molecule has 1 aromatic heterocycles. The minimum atomic E-state index is -0.0530. The van der Waals surface area contributed by atoms with Gasteiger partial charge in [0.1, 0.15) is 0 Å². The molecule has 0 radical (unpaired) electrons. The van der Waals surface area contributed by atoms with Crippen LogP contribution in [-0.2, 0) is 0 Å².